The monoisotopic (exact) mass is 291 g/mol. The molecule has 16 heavy (non-hydrogen) atoms. The molecule has 1 saturated heterocycles. The number of hydrogen-bond acceptors (Lipinski definition) is 2. The standard InChI is InChI=1S/C12H22BrNO2/c1-12(2,6-7-13)9-14-11(15)10-5-3-4-8-16-10/h10H,3-9H2,1-2H3,(H,14,15). The third-order valence-corrected chi connectivity index (χ3v) is 3.38. The minimum Gasteiger partial charge on any atom is -0.368 e. The van der Waals surface area contributed by atoms with Crippen molar-refractivity contribution >= 4 is 21.8 Å². The van der Waals surface area contributed by atoms with Crippen LogP contribution >= 0.6 is 15.9 Å². The number of carbonyl (C=O) groups is 1. The van der Waals surface area contributed by atoms with Crippen molar-refractivity contribution in [2.24, 2.45) is 5.41 Å². The summed E-state index contributed by atoms with van der Waals surface area (Å²) < 4.78 is 5.44. The van der Waals surface area contributed by atoms with Crippen LogP contribution in [0.3, 0.4) is 0 Å². The molecule has 94 valence electrons. The van der Waals surface area contributed by atoms with E-state index < -0.39 is 0 Å². The van der Waals surface area contributed by atoms with E-state index in [9.17, 15) is 4.79 Å². The van der Waals surface area contributed by atoms with Crippen LogP contribution in [0.4, 0.5) is 0 Å². The van der Waals surface area contributed by atoms with Gasteiger partial charge in [0, 0.05) is 18.5 Å². The van der Waals surface area contributed by atoms with Crippen LogP contribution in [0.2, 0.25) is 0 Å². The van der Waals surface area contributed by atoms with Crippen molar-refractivity contribution in [2.75, 3.05) is 18.5 Å². The lowest BCUT2D eigenvalue weighted by Crippen LogP contribution is -2.42. The minimum absolute atomic E-state index is 0.0577. The molecule has 0 saturated carbocycles. The molecular formula is C12H22BrNO2. The van der Waals surface area contributed by atoms with Crippen molar-refractivity contribution in [1.29, 1.82) is 0 Å². The number of rotatable bonds is 5. The van der Waals surface area contributed by atoms with Crippen LogP contribution in [-0.2, 0) is 9.53 Å². The molecular weight excluding hydrogens is 270 g/mol. The first-order chi connectivity index (χ1) is 7.55. The second kappa shape index (κ2) is 6.60. The average Bonchev–Trinajstić information content (AvgIpc) is 2.27. The zero-order valence-corrected chi connectivity index (χ0v) is 11.8. The molecule has 4 heteroatoms. The van der Waals surface area contributed by atoms with Crippen LogP contribution in [0.25, 0.3) is 0 Å². The number of nitrogens with one attached hydrogen (secondary N) is 1. The summed E-state index contributed by atoms with van der Waals surface area (Å²) in [6, 6.07) is 0. The van der Waals surface area contributed by atoms with E-state index in [1.54, 1.807) is 0 Å². The number of halogens is 1. The molecule has 1 aliphatic heterocycles. The summed E-state index contributed by atoms with van der Waals surface area (Å²) in [4.78, 5) is 11.8. The highest BCUT2D eigenvalue weighted by molar-refractivity contribution is 9.09. The summed E-state index contributed by atoms with van der Waals surface area (Å²) >= 11 is 3.43. The Morgan fingerprint density at radius 2 is 2.25 bits per heavy atom. The number of carbonyl (C=O) groups excluding carboxylic acids is 1. The van der Waals surface area contributed by atoms with Gasteiger partial charge in [-0.15, -0.1) is 0 Å². The Labute approximate surface area is 106 Å². The predicted molar refractivity (Wildman–Crippen MR) is 68.8 cm³/mol. The van der Waals surface area contributed by atoms with Gasteiger partial charge in [0.1, 0.15) is 6.10 Å². The Balaban J connectivity index is 2.28. The smallest absolute Gasteiger partial charge is 0.249 e. The summed E-state index contributed by atoms with van der Waals surface area (Å²) in [5.74, 6) is 0.0577. The SMILES string of the molecule is CC(C)(CCBr)CNC(=O)C1CCCCO1. The first-order valence-electron chi connectivity index (χ1n) is 6.00. The van der Waals surface area contributed by atoms with Crippen LogP contribution in [0, 0.1) is 5.41 Å². The highest BCUT2D eigenvalue weighted by Crippen LogP contribution is 2.20. The minimum atomic E-state index is -0.214. The molecule has 1 rings (SSSR count). The molecule has 1 atom stereocenters. The van der Waals surface area contributed by atoms with Gasteiger partial charge in [-0.2, -0.15) is 0 Å². The second-order valence-corrected chi connectivity index (χ2v) is 5.97. The third kappa shape index (κ3) is 4.83. The fourth-order valence-corrected chi connectivity index (χ4v) is 2.81. The molecule has 0 aromatic rings. The summed E-state index contributed by atoms with van der Waals surface area (Å²) in [6.07, 6.45) is 3.89. The van der Waals surface area contributed by atoms with Gasteiger partial charge in [0.2, 0.25) is 5.91 Å². The van der Waals surface area contributed by atoms with Crippen LogP contribution in [0.15, 0.2) is 0 Å². The maximum atomic E-state index is 11.8. The van der Waals surface area contributed by atoms with Gasteiger partial charge in [-0.3, -0.25) is 4.79 Å². The van der Waals surface area contributed by atoms with Crippen LogP contribution in [-0.4, -0.2) is 30.5 Å². The fourth-order valence-electron chi connectivity index (χ4n) is 1.73. The summed E-state index contributed by atoms with van der Waals surface area (Å²) in [5, 5.41) is 3.96. The Kier molecular flexibility index (Phi) is 5.76. The van der Waals surface area contributed by atoms with E-state index in [1.165, 1.54) is 0 Å². The van der Waals surface area contributed by atoms with E-state index in [0.717, 1.165) is 44.2 Å². The topological polar surface area (TPSA) is 38.3 Å². The summed E-state index contributed by atoms with van der Waals surface area (Å²) in [7, 11) is 0. The van der Waals surface area contributed by atoms with Crippen molar-refractivity contribution in [3.63, 3.8) is 0 Å². The molecule has 3 nitrogen and oxygen atoms in total. The van der Waals surface area contributed by atoms with Gasteiger partial charge in [0.05, 0.1) is 0 Å². The van der Waals surface area contributed by atoms with Gasteiger partial charge in [0.25, 0.3) is 0 Å². The van der Waals surface area contributed by atoms with Gasteiger partial charge in [-0.1, -0.05) is 29.8 Å². The molecule has 0 radical (unpaired) electrons. The van der Waals surface area contributed by atoms with Gasteiger partial charge in [0.15, 0.2) is 0 Å². The molecule has 1 N–H and O–H groups in total. The van der Waals surface area contributed by atoms with Gasteiger partial charge < -0.3 is 10.1 Å². The summed E-state index contributed by atoms with van der Waals surface area (Å²) in [6.45, 7) is 5.77. The molecule has 0 aromatic heterocycles. The predicted octanol–water partition coefficient (Wildman–Crippen LogP) is 2.48. The normalized spacial score (nSPS) is 21.8. The zero-order chi connectivity index (χ0) is 12.0. The van der Waals surface area contributed by atoms with E-state index in [0.29, 0.717) is 0 Å². The second-order valence-electron chi connectivity index (χ2n) is 5.18. The average molecular weight is 292 g/mol. The molecule has 0 aliphatic carbocycles. The Bertz CT molecular complexity index is 225. The Morgan fingerprint density at radius 3 is 2.81 bits per heavy atom. The first kappa shape index (κ1) is 14.0. The Hall–Kier alpha value is -0.0900. The lowest BCUT2D eigenvalue weighted by atomic mass is 9.90. The molecule has 1 amide bonds. The largest absolute Gasteiger partial charge is 0.368 e. The molecule has 1 fully saturated rings. The highest BCUT2D eigenvalue weighted by Gasteiger charge is 2.24. The quantitative estimate of drug-likeness (QED) is 0.791. The third-order valence-electron chi connectivity index (χ3n) is 2.98. The lowest BCUT2D eigenvalue weighted by Gasteiger charge is -2.27. The van der Waals surface area contributed by atoms with E-state index in [1.807, 2.05) is 0 Å². The molecule has 1 aliphatic rings. The summed E-state index contributed by atoms with van der Waals surface area (Å²) in [5.41, 5.74) is 0.147. The van der Waals surface area contributed by atoms with E-state index in [4.69, 9.17) is 4.74 Å². The number of alkyl halides is 1. The molecule has 1 heterocycles. The van der Waals surface area contributed by atoms with Crippen molar-refractivity contribution in [1.82, 2.24) is 5.32 Å². The van der Waals surface area contributed by atoms with Crippen LogP contribution < -0.4 is 5.32 Å². The van der Waals surface area contributed by atoms with E-state index >= 15 is 0 Å². The molecule has 0 spiro atoms. The van der Waals surface area contributed by atoms with Crippen molar-refractivity contribution in [3.8, 4) is 0 Å². The van der Waals surface area contributed by atoms with Crippen molar-refractivity contribution < 1.29 is 9.53 Å². The van der Waals surface area contributed by atoms with Gasteiger partial charge in [-0.05, 0) is 31.1 Å². The molecule has 1 unspecified atom stereocenters. The van der Waals surface area contributed by atoms with E-state index in [-0.39, 0.29) is 17.4 Å². The first-order valence-corrected chi connectivity index (χ1v) is 7.12. The number of amides is 1. The maximum absolute atomic E-state index is 11.8. The van der Waals surface area contributed by atoms with E-state index in [2.05, 4.69) is 35.1 Å². The van der Waals surface area contributed by atoms with Crippen molar-refractivity contribution in [2.45, 2.75) is 45.6 Å². The zero-order valence-electron chi connectivity index (χ0n) is 10.2. The fraction of sp³-hybridized carbons (Fsp3) is 0.917. The maximum Gasteiger partial charge on any atom is 0.249 e. The number of hydrogen-bond donors (Lipinski definition) is 1. The molecule has 0 bridgehead atoms. The van der Waals surface area contributed by atoms with Crippen LogP contribution in [0.1, 0.15) is 39.5 Å². The highest BCUT2D eigenvalue weighted by atomic mass is 79.9. The number of ether oxygens (including phenoxy) is 1. The van der Waals surface area contributed by atoms with Gasteiger partial charge >= 0.3 is 0 Å². The lowest BCUT2D eigenvalue weighted by molar-refractivity contribution is -0.135. The Morgan fingerprint density at radius 1 is 1.50 bits per heavy atom. The van der Waals surface area contributed by atoms with Crippen molar-refractivity contribution in [3.05, 3.63) is 0 Å². The molecule has 0 aromatic carbocycles. The van der Waals surface area contributed by atoms with Crippen LogP contribution in [0.5, 0.6) is 0 Å². The van der Waals surface area contributed by atoms with Gasteiger partial charge in [-0.25, -0.2) is 0 Å².